The normalized spacial score (nSPS) is 12.2. The van der Waals surface area contributed by atoms with Gasteiger partial charge in [-0.2, -0.15) is 0 Å². The van der Waals surface area contributed by atoms with Crippen molar-refractivity contribution in [1.82, 2.24) is 9.97 Å². The van der Waals surface area contributed by atoms with Gasteiger partial charge in [-0.25, -0.2) is 9.97 Å². The van der Waals surface area contributed by atoms with E-state index in [1.807, 2.05) is 19.9 Å². The molecule has 0 aliphatic rings. The lowest BCUT2D eigenvalue weighted by molar-refractivity contribution is 0.0112. The Labute approximate surface area is 102 Å². The molecular weight excluding hydrogens is 224 g/mol. The minimum absolute atomic E-state index is 0.478. The van der Waals surface area contributed by atoms with Crippen LogP contribution in [0.4, 0.5) is 0 Å². The number of methoxy groups -OCH3 is 1. The largest absolute Gasteiger partial charge is 0.371 e. The molecule has 1 aromatic heterocycles. The summed E-state index contributed by atoms with van der Waals surface area (Å²) < 4.78 is 5.36. The fourth-order valence-electron chi connectivity index (χ4n) is 1.35. The molecule has 90 valence electrons. The summed E-state index contributed by atoms with van der Waals surface area (Å²) in [6, 6.07) is 1.82. The van der Waals surface area contributed by atoms with Crippen molar-refractivity contribution in [2.75, 3.05) is 7.11 Å². The van der Waals surface area contributed by atoms with Crippen molar-refractivity contribution in [1.29, 1.82) is 0 Å². The molecule has 0 bridgehead atoms. The van der Waals surface area contributed by atoms with Gasteiger partial charge < -0.3 is 4.74 Å². The Bertz CT molecular complexity index is 364. The predicted molar refractivity (Wildman–Crippen MR) is 65.6 cm³/mol. The minimum atomic E-state index is -0.503. The van der Waals surface area contributed by atoms with Crippen molar-refractivity contribution in [3.63, 3.8) is 0 Å². The van der Waals surface area contributed by atoms with Crippen LogP contribution in [0.15, 0.2) is 6.07 Å². The molecule has 0 aromatic carbocycles. The van der Waals surface area contributed by atoms with E-state index in [0.717, 1.165) is 12.1 Å². The van der Waals surface area contributed by atoms with Gasteiger partial charge in [0, 0.05) is 12.8 Å². The Kier molecular flexibility index (Phi) is 4.28. The zero-order valence-corrected chi connectivity index (χ0v) is 11.3. The third-order valence-electron chi connectivity index (χ3n) is 2.41. The maximum absolute atomic E-state index is 5.99. The first-order valence-corrected chi connectivity index (χ1v) is 5.82. The van der Waals surface area contributed by atoms with Crippen molar-refractivity contribution in [3.05, 3.63) is 22.7 Å². The Morgan fingerprint density at radius 1 is 1.38 bits per heavy atom. The summed E-state index contributed by atoms with van der Waals surface area (Å²) in [5, 5.41) is 0.478. The summed E-state index contributed by atoms with van der Waals surface area (Å²) in [4.78, 5) is 8.71. The van der Waals surface area contributed by atoms with Crippen molar-refractivity contribution in [2.45, 2.75) is 39.7 Å². The Balaban J connectivity index is 3.07. The van der Waals surface area contributed by atoms with E-state index in [4.69, 9.17) is 16.3 Å². The molecule has 0 spiro atoms. The summed E-state index contributed by atoms with van der Waals surface area (Å²) in [7, 11) is 1.65. The number of nitrogens with zero attached hydrogens (tertiary/aromatic N) is 2. The van der Waals surface area contributed by atoms with E-state index in [1.165, 1.54) is 0 Å². The van der Waals surface area contributed by atoms with Gasteiger partial charge in [-0.15, -0.1) is 0 Å². The van der Waals surface area contributed by atoms with Crippen LogP contribution in [0.5, 0.6) is 0 Å². The van der Waals surface area contributed by atoms with Crippen molar-refractivity contribution >= 4 is 11.6 Å². The topological polar surface area (TPSA) is 35.0 Å². The van der Waals surface area contributed by atoms with Gasteiger partial charge in [-0.1, -0.05) is 25.4 Å². The zero-order valence-electron chi connectivity index (χ0n) is 10.5. The summed E-state index contributed by atoms with van der Waals surface area (Å²) in [5.41, 5.74) is 0.464. The number of rotatable bonds is 4. The van der Waals surface area contributed by atoms with Gasteiger partial charge in [0.05, 0.1) is 0 Å². The molecule has 0 aliphatic heterocycles. The SMILES string of the molecule is COC(C)(C)c1nc(Cl)cc(CC(C)C)n1. The number of hydrogen-bond acceptors (Lipinski definition) is 3. The quantitative estimate of drug-likeness (QED) is 0.761. The molecule has 1 rings (SSSR count). The van der Waals surface area contributed by atoms with Gasteiger partial charge in [-0.3, -0.25) is 0 Å². The van der Waals surface area contributed by atoms with E-state index >= 15 is 0 Å². The third-order valence-corrected chi connectivity index (χ3v) is 2.61. The van der Waals surface area contributed by atoms with E-state index in [2.05, 4.69) is 23.8 Å². The summed E-state index contributed by atoms with van der Waals surface area (Å²) in [5.74, 6) is 1.18. The summed E-state index contributed by atoms with van der Waals surface area (Å²) >= 11 is 5.99. The molecule has 0 aliphatic carbocycles. The van der Waals surface area contributed by atoms with Crippen LogP contribution in [0.25, 0.3) is 0 Å². The van der Waals surface area contributed by atoms with E-state index in [1.54, 1.807) is 7.11 Å². The highest BCUT2D eigenvalue weighted by molar-refractivity contribution is 6.29. The fraction of sp³-hybridized carbons (Fsp3) is 0.667. The summed E-state index contributed by atoms with van der Waals surface area (Å²) in [6.07, 6.45) is 0.898. The van der Waals surface area contributed by atoms with E-state index < -0.39 is 5.60 Å². The van der Waals surface area contributed by atoms with Crippen LogP contribution in [-0.2, 0) is 16.8 Å². The van der Waals surface area contributed by atoms with E-state index in [0.29, 0.717) is 16.9 Å². The molecule has 1 aromatic rings. The molecule has 0 saturated carbocycles. The molecule has 4 heteroatoms. The molecule has 0 unspecified atom stereocenters. The second-order valence-corrected chi connectivity index (χ2v) is 5.21. The summed E-state index contributed by atoms with van der Waals surface area (Å²) in [6.45, 7) is 8.16. The van der Waals surface area contributed by atoms with Gasteiger partial charge in [0.15, 0.2) is 5.82 Å². The van der Waals surface area contributed by atoms with Gasteiger partial charge in [0.2, 0.25) is 0 Å². The van der Waals surface area contributed by atoms with E-state index in [9.17, 15) is 0 Å². The molecule has 0 atom stereocenters. The lowest BCUT2D eigenvalue weighted by Crippen LogP contribution is -2.23. The van der Waals surface area contributed by atoms with Crippen LogP contribution in [0.1, 0.15) is 39.2 Å². The Morgan fingerprint density at radius 3 is 2.50 bits per heavy atom. The monoisotopic (exact) mass is 242 g/mol. The molecule has 0 saturated heterocycles. The molecule has 0 radical (unpaired) electrons. The number of hydrogen-bond donors (Lipinski definition) is 0. The van der Waals surface area contributed by atoms with Gasteiger partial charge >= 0.3 is 0 Å². The number of ether oxygens (including phenoxy) is 1. The highest BCUT2D eigenvalue weighted by Gasteiger charge is 2.24. The van der Waals surface area contributed by atoms with Gasteiger partial charge in [0.1, 0.15) is 10.8 Å². The molecule has 0 amide bonds. The maximum atomic E-state index is 5.99. The standard InChI is InChI=1S/C12H19ClN2O/c1-8(2)6-9-7-10(13)15-11(14-9)12(3,4)16-5/h7-8H,6H2,1-5H3. The zero-order chi connectivity index (χ0) is 12.3. The molecule has 0 N–H and O–H groups in total. The molecular formula is C12H19ClN2O. The highest BCUT2D eigenvalue weighted by atomic mass is 35.5. The van der Waals surface area contributed by atoms with E-state index in [-0.39, 0.29) is 0 Å². The smallest absolute Gasteiger partial charge is 0.161 e. The van der Waals surface area contributed by atoms with Crippen molar-refractivity contribution in [2.24, 2.45) is 5.92 Å². The van der Waals surface area contributed by atoms with Crippen molar-refractivity contribution < 1.29 is 4.74 Å². The maximum Gasteiger partial charge on any atom is 0.161 e. The first-order chi connectivity index (χ1) is 7.35. The molecule has 0 fully saturated rings. The van der Waals surface area contributed by atoms with Crippen LogP contribution in [0.2, 0.25) is 5.15 Å². The Hall–Kier alpha value is -0.670. The van der Waals surface area contributed by atoms with Gasteiger partial charge in [-0.05, 0) is 32.3 Å². The fourth-order valence-corrected chi connectivity index (χ4v) is 1.55. The van der Waals surface area contributed by atoms with Crippen LogP contribution in [0.3, 0.4) is 0 Å². The van der Waals surface area contributed by atoms with Gasteiger partial charge in [0.25, 0.3) is 0 Å². The lowest BCUT2D eigenvalue weighted by Gasteiger charge is -2.21. The van der Waals surface area contributed by atoms with Crippen molar-refractivity contribution in [3.8, 4) is 0 Å². The predicted octanol–water partition coefficient (Wildman–Crippen LogP) is 3.21. The molecule has 3 nitrogen and oxygen atoms in total. The average molecular weight is 243 g/mol. The van der Waals surface area contributed by atoms with Crippen LogP contribution in [0, 0.1) is 5.92 Å². The third kappa shape index (κ3) is 3.42. The highest BCUT2D eigenvalue weighted by Crippen LogP contribution is 2.22. The van der Waals surface area contributed by atoms with Crippen LogP contribution >= 0.6 is 11.6 Å². The average Bonchev–Trinajstić information content (AvgIpc) is 2.15. The molecule has 16 heavy (non-hydrogen) atoms. The molecule has 1 heterocycles. The second kappa shape index (κ2) is 5.11. The first-order valence-electron chi connectivity index (χ1n) is 5.44. The number of halogens is 1. The number of aromatic nitrogens is 2. The van der Waals surface area contributed by atoms with Crippen LogP contribution < -0.4 is 0 Å². The second-order valence-electron chi connectivity index (χ2n) is 4.82. The lowest BCUT2D eigenvalue weighted by atomic mass is 10.1. The Morgan fingerprint density at radius 2 is 2.00 bits per heavy atom. The first kappa shape index (κ1) is 13.4. The minimum Gasteiger partial charge on any atom is -0.371 e. The van der Waals surface area contributed by atoms with Crippen LogP contribution in [-0.4, -0.2) is 17.1 Å².